The molecule has 0 spiro atoms. The number of nitro benzene ring substituents is 1. The number of carbonyl (C=O) groups excluding carboxylic acids is 2. The van der Waals surface area contributed by atoms with Crippen molar-refractivity contribution in [1.29, 1.82) is 0 Å². The topological polar surface area (TPSA) is 111 Å². The van der Waals surface area contributed by atoms with Gasteiger partial charge in [-0.15, -0.1) is 0 Å². The lowest BCUT2D eigenvalue weighted by Gasteiger charge is -2.25. The molecule has 1 saturated carbocycles. The van der Waals surface area contributed by atoms with Crippen LogP contribution in [0.5, 0.6) is 11.5 Å². The number of amides is 2. The number of methoxy groups -OCH3 is 2. The predicted octanol–water partition coefficient (Wildman–Crippen LogP) is 4.19. The van der Waals surface area contributed by atoms with Crippen molar-refractivity contribution in [2.24, 2.45) is 17.8 Å². The van der Waals surface area contributed by atoms with E-state index in [0.717, 1.165) is 16.9 Å². The Morgan fingerprint density at radius 1 is 1.03 bits per heavy atom. The third-order valence-electron chi connectivity index (χ3n) is 6.80. The second kappa shape index (κ2) is 9.70. The van der Waals surface area contributed by atoms with Crippen molar-refractivity contribution in [3.8, 4) is 11.5 Å². The van der Waals surface area contributed by atoms with Crippen LogP contribution in [0.2, 0.25) is 0 Å². The molecule has 2 amide bonds. The molecular weight excluding hydrogens is 438 g/mol. The Kier molecular flexibility index (Phi) is 6.72. The molecule has 0 radical (unpaired) electrons. The minimum Gasteiger partial charge on any atom is -0.493 e. The summed E-state index contributed by atoms with van der Waals surface area (Å²) in [5, 5.41) is 14.9. The minimum atomic E-state index is -0.498. The van der Waals surface area contributed by atoms with Crippen LogP contribution in [0.4, 0.5) is 17.1 Å². The molecule has 9 heteroatoms. The van der Waals surface area contributed by atoms with Crippen LogP contribution in [0.25, 0.3) is 0 Å². The smallest absolute Gasteiger partial charge is 0.294 e. The minimum absolute atomic E-state index is 0.173. The summed E-state index contributed by atoms with van der Waals surface area (Å²) in [4.78, 5) is 38.4. The van der Waals surface area contributed by atoms with Crippen LogP contribution >= 0.6 is 0 Å². The normalized spacial score (nSPS) is 21.9. The van der Waals surface area contributed by atoms with E-state index in [-0.39, 0.29) is 35.0 Å². The second-order valence-electron chi connectivity index (χ2n) is 8.97. The van der Waals surface area contributed by atoms with Crippen LogP contribution < -0.4 is 19.7 Å². The van der Waals surface area contributed by atoms with Crippen molar-refractivity contribution >= 4 is 28.9 Å². The number of ether oxygens (including phenoxy) is 2. The molecule has 1 N–H and O–H groups in total. The van der Waals surface area contributed by atoms with Crippen LogP contribution in [0.1, 0.15) is 31.7 Å². The molecule has 34 heavy (non-hydrogen) atoms. The Hall–Kier alpha value is -3.62. The maximum absolute atomic E-state index is 13.0. The molecule has 0 aromatic heterocycles. The zero-order valence-corrected chi connectivity index (χ0v) is 19.6. The molecule has 2 aliphatic rings. The van der Waals surface area contributed by atoms with Crippen LogP contribution in [0.3, 0.4) is 0 Å². The highest BCUT2D eigenvalue weighted by molar-refractivity contribution is 6.22. The summed E-state index contributed by atoms with van der Waals surface area (Å²) in [5.41, 5.74) is 1.40. The molecule has 1 aliphatic heterocycles. The lowest BCUT2D eigenvalue weighted by Crippen LogP contribution is -2.31. The quantitative estimate of drug-likeness (QED) is 0.352. The van der Waals surface area contributed by atoms with E-state index in [0.29, 0.717) is 48.9 Å². The number of hydrogen-bond acceptors (Lipinski definition) is 7. The summed E-state index contributed by atoms with van der Waals surface area (Å²) in [7, 11) is 3.13. The number of nitrogens with zero attached hydrogens (tertiary/aromatic N) is 2. The SMILES string of the molecule is COc1ccc(CCNc2ccc(N3C(=O)[C@H]4C[C@H](C)CC[C@H]4C3=O)cc2[N+](=O)[O-])cc1OC. The number of carbonyl (C=O) groups is 2. The second-order valence-corrected chi connectivity index (χ2v) is 8.97. The largest absolute Gasteiger partial charge is 0.493 e. The van der Waals surface area contributed by atoms with Gasteiger partial charge in [-0.25, -0.2) is 4.90 Å². The van der Waals surface area contributed by atoms with E-state index < -0.39 is 4.92 Å². The van der Waals surface area contributed by atoms with E-state index in [2.05, 4.69) is 12.2 Å². The van der Waals surface area contributed by atoms with E-state index >= 15 is 0 Å². The van der Waals surface area contributed by atoms with Crippen molar-refractivity contribution in [3.63, 3.8) is 0 Å². The maximum Gasteiger partial charge on any atom is 0.294 e. The molecular formula is C25H29N3O6. The van der Waals surface area contributed by atoms with Gasteiger partial charge in [-0.3, -0.25) is 19.7 Å². The third kappa shape index (κ3) is 4.42. The summed E-state index contributed by atoms with van der Waals surface area (Å²) in [6, 6.07) is 10.1. The molecule has 0 bridgehead atoms. The fourth-order valence-electron chi connectivity index (χ4n) is 4.98. The molecule has 0 unspecified atom stereocenters. The molecule has 1 aliphatic carbocycles. The van der Waals surface area contributed by atoms with E-state index in [1.54, 1.807) is 26.4 Å². The molecule has 2 aromatic rings. The van der Waals surface area contributed by atoms with Gasteiger partial charge < -0.3 is 14.8 Å². The molecule has 4 rings (SSSR count). The monoisotopic (exact) mass is 467 g/mol. The van der Waals surface area contributed by atoms with Crippen LogP contribution in [-0.4, -0.2) is 37.5 Å². The van der Waals surface area contributed by atoms with Gasteiger partial charge in [0.2, 0.25) is 11.8 Å². The fraction of sp³-hybridized carbons (Fsp3) is 0.440. The average molecular weight is 468 g/mol. The Labute approximate surface area is 198 Å². The van der Waals surface area contributed by atoms with Gasteiger partial charge in [-0.1, -0.05) is 13.0 Å². The molecule has 2 aromatic carbocycles. The lowest BCUT2D eigenvalue weighted by atomic mass is 9.76. The van der Waals surface area contributed by atoms with Crippen LogP contribution in [-0.2, 0) is 16.0 Å². The van der Waals surface area contributed by atoms with Crippen molar-refractivity contribution in [2.45, 2.75) is 32.6 Å². The number of nitrogens with one attached hydrogen (secondary N) is 1. The first-order chi connectivity index (χ1) is 16.3. The van der Waals surface area contributed by atoms with E-state index in [9.17, 15) is 19.7 Å². The highest BCUT2D eigenvalue weighted by Crippen LogP contribution is 2.43. The molecule has 9 nitrogen and oxygen atoms in total. The third-order valence-corrected chi connectivity index (χ3v) is 6.80. The van der Waals surface area contributed by atoms with Crippen molar-refractivity contribution in [2.75, 3.05) is 31.0 Å². The number of imide groups is 1. The van der Waals surface area contributed by atoms with Crippen molar-refractivity contribution in [1.82, 2.24) is 0 Å². The maximum atomic E-state index is 13.0. The van der Waals surface area contributed by atoms with Gasteiger partial charge in [0.1, 0.15) is 5.69 Å². The van der Waals surface area contributed by atoms with Gasteiger partial charge in [0.05, 0.1) is 36.7 Å². The zero-order chi connectivity index (χ0) is 24.4. The van der Waals surface area contributed by atoms with Crippen LogP contribution in [0.15, 0.2) is 36.4 Å². The fourth-order valence-corrected chi connectivity index (χ4v) is 4.98. The first-order valence-corrected chi connectivity index (χ1v) is 11.4. The van der Waals surface area contributed by atoms with Gasteiger partial charge in [0.15, 0.2) is 11.5 Å². The zero-order valence-electron chi connectivity index (χ0n) is 19.6. The van der Waals surface area contributed by atoms with Gasteiger partial charge in [0, 0.05) is 12.6 Å². The molecule has 180 valence electrons. The Bertz CT molecular complexity index is 1120. The first kappa shape index (κ1) is 23.5. The molecule has 3 atom stereocenters. The van der Waals surface area contributed by atoms with Gasteiger partial charge in [-0.2, -0.15) is 0 Å². The van der Waals surface area contributed by atoms with Crippen molar-refractivity contribution in [3.05, 3.63) is 52.1 Å². The number of hydrogen-bond donors (Lipinski definition) is 1. The average Bonchev–Trinajstić information content (AvgIpc) is 3.08. The summed E-state index contributed by atoms with van der Waals surface area (Å²) >= 11 is 0. The summed E-state index contributed by atoms with van der Waals surface area (Å²) in [5.74, 6) is 0.507. The number of rotatable bonds is 8. The van der Waals surface area contributed by atoms with Gasteiger partial charge in [-0.05, 0) is 61.4 Å². The standard InChI is InChI=1S/C25H29N3O6/c1-15-4-7-18-19(12-15)25(30)27(24(18)29)17-6-8-20(21(14-17)28(31)32)26-11-10-16-5-9-22(33-2)23(13-16)34-3/h5-6,8-9,13-15,18-19,26H,4,7,10-12H2,1-3H3/t15-,18-,19+/m1/s1. The summed E-state index contributed by atoms with van der Waals surface area (Å²) in [6.07, 6.45) is 2.88. The number of fused-ring (bicyclic) bond motifs is 1. The Balaban J connectivity index is 1.50. The highest BCUT2D eigenvalue weighted by Gasteiger charge is 2.50. The Morgan fingerprint density at radius 2 is 1.76 bits per heavy atom. The van der Waals surface area contributed by atoms with E-state index in [4.69, 9.17) is 9.47 Å². The number of benzene rings is 2. The highest BCUT2D eigenvalue weighted by atomic mass is 16.6. The van der Waals surface area contributed by atoms with Gasteiger partial charge in [0.25, 0.3) is 5.69 Å². The first-order valence-electron chi connectivity index (χ1n) is 11.4. The molecule has 1 saturated heterocycles. The van der Waals surface area contributed by atoms with Gasteiger partial charge >= 0.3 is 0 Å². The molecule has 1 heterocycles. The van der Waals surface area contributed by atoms with Crippen molar-refractivity contribution < 1.29 is 24.0 Å². The van der Waals surface area contributed by atoms with Crippen LogP contribution in [0, 0.1) is 27.9 Å². The summed E-state index contributed by atoms with van der Waals surface area (Å²) in [6.45, 7) is 2.53. The molecule has 2 fully saturated rings. The van der Waals surface area contributed by atoms with E-state index in [1.165, 1.54) is 6.07 Å². The number of nitro groups is 1. The van der Waals surface area contributed by atoms with E-state index in [1.807, 2.05) is 18.2 Å². The Morgan fingerprint density at radius 3 is 2.47 bits per heavy atom. The lowest BCUT2D eigenvalue weighted by molar-refractivity contribution is -0.383. The summed E-state index contributed by atoms with van der Waals surface area (Å²) < 4.78 is 10.6. The number of anilines is 2. The predicted molar refractivity (Wildman–Crippen MR) is 127 cm³/mol.